The zero-order chi connectivity index (χ0) is 12.5. The third kappa shape index (κ3) is 1.69. The number of pyridine rings is 1. The highest BCUT2D eigenvalue weighted by Crippen LogP contribution is 2.16. The van der Waals surface area contributed by atoms with Crippen LogP contribution in [0.4, 0.5) is 5.69 Å². The fourth-order valence-corrected chi connectivity index (χ4v) is 1.69. The lowest BCUT2D eigenvalue weighted by Gasteiger charge is -2.05. The van der Waals surface area contributed by atoms with Crippen molar-refractivity contribution >= 4 is 16.9 Å². The Morgan fingerprint density at radius 1 is 1.28 bits per heavy atom. The van der Waals surface area contributed by atoms with E-state index in [1.165, 1.54) is 0 Å². The Morgan fingerprint density at radius 3 is 3.00 bits per heavy atom. The number of rotatable bonds is 2. The standard InChI is InChI=1S/C12H10N4O2/c13-8-3-1-4-9(7-8)18-16-10-5-2-6-14-11(10)15-12(16)17/h1-7H,13H2,(H,14,15,17). The summed E-state index contributed by atoms with van der Waals surface area (Å²) < 4.78 is 1.15. The monoisotopic (exact) mass is 242 g/mol. The third-order valence-corrected chi connectivity index (χ3v) is 2.47. The van der Waals surface area contributed by atoms with Crippen molar-refractivity contribution in [3.63, 3.8) is 0 Å². The number of aromatic amines is 1. The number of hydrogen-bond donors (Lipinski definition) is 2. The summed E-state index contributed by atoms with van der Waals surface area (Å²) in [4.78, 5) is 23.9. The van der Waals surface area contributed by atoms with Crippen LogP contribution in [0.5, 0.6) is 5.75 Å². The second kappa shape index (κ2) is 3.92. The lowest BCUT2D eigenvalue weighted by atomic mass is 10.3. The predicted molar refractivity (Wildman–Crippen MR) is 67.2 cm³/mol. The maximum absolute atomic E-state index is 11.7. The SMILES string of the molecule is Nc1cccc(On2c(=O)[nH]c3ncccc32)c1. The Bertz CT molecular complexity index is 760. The number of nitrogens with two attached hydrogens (primary N) is 1. The molecule has 0 amide bonds. The summed E-state index contributed by atoms with van der Waals surface area (Å²) in [5, 5.41) is 0. The summed E-state index contributed by atoms with van der Waals surface area (Å²) in [6.45, 7) is 0. The van der Waals surface area contributed by atoms with E-state index in [1.54, 1.807) is 42.6 Å². The molecule has 0 saturated carbocycles. The first-order valence-electron chi connectivity index (χ1n) is 5.34. The second-order valence-electron chi connectivity index (χ2n) is 3.76. The molecule has 3 N–H and O–H groups in total. The van der Waals surface area contributed by atoms with Crippen LogP contribution < -0.4 is 16.3 Å². The van der Waals surface area contributed by atoms with Gasteiger partial charge in [-0.1, -0.05) is 6.07 Å². The molecule has 6 heteroatoms. The van der Waals surface area contributed by atoms with Gasteiger partial charge in [-0.15, -0.1) is 4.73 Å². The Balaban J connectivity index is 2.10. The maximum Gasteiger partial charge on any atom is 0.361 e. The molecule has 1 aromatic carbocycles. The van der Waals surface area contributed by atoms with Crippen LogP contribution in [0.25, 0.3) is 11.2 Å². The number of nitrogens with one attached hydrogen (secondary N) is 1. The Hall–Kier alpha value is -2.76. The van der Waals surface area contributed by atoms with Gasteiger partial charge in [0.2, 0.25) is 0 Å². The molecule has 0 aliphatic rings. The van der Waals surface area contributed by atoms with E-state index in [1.807, 2.05) is 0 Å². The molecule has 0 aliphatic heterocycles. The number of nitrogen functional groups attached to an aromatic ring is 1. The van der Waals surface area contributed by atoms with E-state index >= 15 is 0 Å². The molecule has 0 spiro atoms. The summed E-state index contributed by atoms with van der Waals surface area (Å²) in [6, 6.07) is 10.3. The fraction of sp³-hybridized carbons (Fsp3) is 0. The summed E-state index contributed by atoms with van der Waals surface area (Å²) in [5.41, 5.74) is 6.89. The van der Waals surface area contributed by atoms with E-state index < -0.39 is 0 Å². The molecule has 3 rings (SSSR count). The lowest BCUT2D eigenvalue weighted by Crippen LogP contribution is -2.21. The number of fused-ring (bicyclic) bond motifs is 1. The number of nitrogens with zero attached hydrogens (tertiary/aromatic N) is 2. The molecule has 0 radical (unpaired) electrons. The van der Waals surface area contributed by atoms with Gasteiger partial charge in [0.1, 0.15) is 5.52 Å². The fourth-order valence-electron chi connectivity index (χ4n) is 1.69. The minimum absolute atomic E-state index is 0.383. The molecular formula is C12H10N4O2. The molecule has 0 aliphatic carbocycles. The van der Waals surface area contributed by atoms with Crippen molar-refractivity contribution in [2.75, 3.05) is 5.73 Å². The lowest BCUT2D eigenvalue weighted by molar-refractivity contribution is 0.217. The minimum Gasteiger partial charge on any atom is -0.399 e. The zero-order valence-electron chi connectivity index (χ0n) is 9.33. The normalized spacial score (nSPS) is 10.7. The van der Waals surface area contributed by atoms with E-state index in [0.29, 0.717) is 22.6 Å². The largest absolute Gasteiger partial charge is 0.399 e. The van der Waals surface area contributed by atoms with Crippen LogP contribution in [-0.4, -0.2) is 14.7 Å². The van der Waals surface area contributed by atoms with Crippen LogP contribution in [-0.2, 0) is 0 Å². The first-order valence-corrected chi connectivity index (χ1v) is 5.34. The number of benzene rings is 1. The molecular weight excluding hydrogens is 232 g/mol. The van der Waals surface area contributed by atoms with E-state index in [2.05, 4.69) is 9.97 Å². The Kier molecular flexibility index (Phi) is 2.26. The van der Waals surface area contributed by atoms with Crippen LogP contribution in [0.15, 0.2) is 47.4 Å². The average molecular weight is 242 g/mol. The number of imidazole rings is 1. The molecule has 0 bridgehead atoms. The minimum atomic E-state index is -0.383. The summed E-state index contributed by atoms with van der Waals surface area (Å²) in [6.07, 6.45) is 1.60. The highest BCUT2D eigenvalue weighted by Gasteiger charge is 2.08. The quantitative estimate of drug-likeness (QED) is 0.660. The van der Waals surface area contributed by atoms with Gasteiger partial charge in [-0.05, 0) is 24.3 Å². The number of hydrogen-bond acceptors (Lipinski definition) is 4. The number of anilines is 1. The Labute approximate surface area is 102 Å². The van der Waals surface area contributed by atoms with Crippen LogP contribution in [0, 0.1) is 0 Å². The van der Waals surface area contributed by atoms with Crippen LogP contribution in [0.2, 0.25) is 0 Å². The van der Waals surface area contributed by atoms with Gasteiger partial charge in [0.15, 0.2) is 11.4 Å². The number of H-pyrrole nitrogens is 1. The molecule has 3 aromatic rings. The third-order valence-electron chi connectivity index (χ3n) is 2.47. The van der Waals surface area contributed by atoms with E-state index in [9.17, 15) is 4.79 Å². The summed E-state index contributed by atoms with van der Waals surface area (Å²) in [7, 11) is 0. The van der Waals surface area contributed by atoms with Crippen LogP contribution >= 0.6 is 0 Å². The van der Waals surface area contributed by atoms with Crippen molar-refractivity contribution in [1.29, 1.82) is 0 Å². The van der Waals surface area contributed by atoms with Gasteiger partial charge in [-0.2, -0.15) is 0 Å². The van der Waals surface area contributed by atoms with E-state index in [0.717, 1.165) is 4.73 Å². The summed E-state index contributed by atoms with van der Waals surface area (Å²) >= 11 is 0. The molecule has 2 heterocycles. The van der Waals surface area contributed by atoms with Crippen molar-refractivity contribution in [1.82, 2.24) is 14.7 Å². The smallest absolute Gasteiger partial charge is 0.361 e. The predicted octanol–water partition coefficient (Wildman–Crippen LogP) is 1.15. The first-order chi connectivity index (χ1) is 8.74. The van der Waals surface area contributed by atoms with Gasteiger partial charge in [-0.25, -0.2) is 9.78 Å². The number of aromatic nitrogens is 3. The highest BCUT2D eigenvalue weighted by molar-refractivity contribution is 5.69. The van der Waals surface area contributed by atoms with Crippen LogP contribution in [0.3, 0.4) is 0 Å². The zero-order valence-corrected chi connectivity index (χ0v) is 9.33. The topological polar surface area (TPSA) is 85.9 Å². The van der Waals surface area contributed by atoms with E-state index in [4.69, 9.17) is 10.6 Å². The van der Waals surface area contributed by atoms with Crippen molar-refractivity contribution in [2.45, 2.75) is 0 Å². The molecule has 0 fully saturated rings. The van der Waals surface area contributed by atoms with Crippen molar-refractivity contribution in [3.8, 4) is 5.75 Å². The van der Waals surface area contributed by atoms with Crippen LogP contribution in [0.1, 0.15) is 0 Å². The first kappa shape index (κ1) is 10.4. The summed E-state index contributed by atoms with van der Waals surface area (Å²) in [5.74, 6) is 0.488. The van der Waals surface area contributed by atoms with Crippen molar-refractivity contribution in [2.24, 2.45) is 0 Å². The maximum atomic E-state index is 11.7. The molecule has 2 aromatic heterocycles. The van der Waals surface area contributed by atoms with Crippen molar-refractivity contribution in [3.05, 3.63) is 53.1 Å². The van der Waals surface area contributed by atoms with Gasteiger partial charge in [0.25, 0.3) is 0 Å². The Morgan fingerprint density at radius 2 is 2.17 bits per heavy atom. The van der Waals surface area contributed by atoms with Gasteiger partial charge in [-0.3, -0.25) is 4.98 Å². The average Bonchev–Trinajstić information content (AvgIpc) is 2.66. The van der Waals surface area contributed by atoms with Crippen molar-refractivity contribution < 1.29 is 4.84 Å². The molecule has 0 atom stereocenters. The highest BCUT2D eigenvalue weighted by atomic mass is 16.7. The molecule has 0 saturated heterocycles. The van der Waals surface area contributed by atoms with E-state index in [-0.39, 0.29) is 5.69 Å². The second-order valence-corrected chi connectivity index (χ2v) is 3.76. The van der Waals surface area contributed by atoms with Gasteiger partial charge < -0.3 is 10.6 Å². The molecule has 6 nitrogen and oxygen atoms in total. The molecule has 18 heavy (non-hydrogen) atoms. The van der Waals surface area contributed by atoms with Gasteiger partial charge >= 0.3 is 5.69 Å². The molecule has 0 unspecified atom stereocenters. The van der Waals surface area contributed by atoms with Gasteiger partial charge in [0.05, 0.1) is 0 Å². The molecule has 90 valence electrons. The van der Waals surface area contributed by atoms with Gasteiger partial charge in [0, 0.05) is 18.0 Å².